The van der Waals surface area contributed by atoms with Crippen LogP contribution < -0.4 is 5.32 Å². The van der Waals surface area contributed by atoms with Gasteiger partial charge in [0.05, 0.1) is 6.54 Å². The van der Waals surface area contributed by atoms with E-state index in [-0.39, 0.29) is 12.5 Å². The van der Waals surface area contributed by atoms with Crippen molar-refractivity contribution in [2.75, 3.05) is 6.54 Å². The van der Waals surface area contributed by atoms with Crippen molar-refractivity contribution in [3.05, 3.63) is 33.8 Å². The zero-order valence-electron chi connectivity index (χ0n) is 7.58. The predicted molar refractivity (Wildman–Crippen MR) is 55.8 cm³/mol. The van der Waals surface area contributed by atoms with E-state index in [1.54, 1.807) is 18.2 Å². The van der Waals surface area contributed by atoms with E-state index in [0.717, 1.165) is 0 Å². The zero-order valence-corrected chi connectivity index (χ0v) is 9.09. The van der Waals surface area contributed by atoms with Gasteiger partial charge in [0.2, 0.25) is 0 Å². The molecule has 1 saturated heterocycles. The Labute approximate surface area is 96.3 Å². The largest absolute Gasteiger partial charge is 0.284 e. The highest BCUT2D eigenvalue weighted by molar-refractivity contribution is 6.35. The van der Waals surface area contributed by atoms with E-state index in [2.05, 4.69) is 5.32 Å². The summed E-state index contributed by atoms with van der Waals surface area (Å²) in [5, 5.41) is 13.8. The van der Waals surface area contributed by atoms with Crippen molar-refractivity contribution in [3.8, 4) is 0 Å². The molecule has 1 atom stereocenters. The predicted octanol–water partition coefficient (Wildman–Crippen LogP) is 1.81. The van der Waals surface area contributed by atoms with Crippen LogP contribution in [0.4, 0.5) is 0 Å². The van der Waals surface area contributed by atoms with Gasteiger partial charge < -0.3 is 0 Å². The lowest BCUT2D eigenvalue weighted by atomic mass is 10.2. The average Bonchev–Trinajstić information content (AvgIpc) is 2.49. The van der Waals surface area contributed by atoms with Gasteiger partial charge in [-0.05, 0) is 12.1 Å². The van der Waals surface area contributed by atoms with Gasteiger partial charge in [-0.1, -0.05) is 29.3 Å². The Hall–Kier alpha value is -0.810. The molecule has 1 aromatic carbocycles. The second kappa shape index (κ2) is 3.98. The van der Waals surface area contributed by atoms with E-state index >= 15 is 0 Å². The fraction of sp³-hybridized carbons (Fsp3) is 0.222. The molecule has 0 spiro atoms. The molecule has 1 fully saturated rings. The molecule has 1 heterocycles. The molecule has 1 aliphatic rings. The molecule has 0 radical (unpaired) electrons. The molecule has 0 aliphatic carbocycles. The molecule has 4 nitrogen and oxygen atoms in total. The number of amides is 1. The summed E-state index contributed by atoms with van der Waals surface area (Å²) >= 11 is 11.7. The molecule has 1 amide bonds. The van der Waals surface area contributed by atoms with E-state index in [1.165, 1.54) is 0 Å². The fourth-order valence-corrected chi connectivity index (χ4v) is 1.97. The van der Waals surface area contributed by atoms with Crippen LogP contribution in [0.5, 0.6) is 0 Å². The number of hydrogen-bond donors (Lipinski definition) is 2. The fourth-order valence-electron chi connectivity index (χ4n) is 1.46. The van der Waals surface area contributed by atoms with Gasteiger partial charge in [-0.2, -0.15) is 0 Å². The number of halogens is 2. The molecule has 2 rings (SSSR count). The zero-order chi connectivity index (χ0) is 11.0. The molecule has 6 heteroatoms. The third kappa shape index (κ3) is 1.94. The molecular weight excluding hydrogens is 239 g/mol. The number of benzene rings is 1. The minimum absolute atomic E-state index is 0.0973. The second-order valence-corrected chi connectivity index (χ2v) is 4.03. The summed E-state index contributed by atoms with van der Waals surface area (Å²) in [6, 6.07) is 4.89. The lowest BCUT2D eigenvalue weighted by Crippen LogP contribution is -2.26. The van der Waals surface area contributed by atoms with Crippen molar-refractivity contribution in [1.82, 2.24) is 10.4 Å². The van der Waals surface area contributed by atoms with Crippen LogP contribution in [0, 0.1) is 0 Å². The first kappa shape index (κ1) is 10.7. The highest BCUT2D eigenvalue weighted by Gasteiger charge is 2.31. The third-order valence-electron chi connectivity index (χ3n) is 2.20. The third-order valence-corrected chi connectivity index (χ3v) is 2.77. The summed E-state index contributed by atoms with van der Waals surface area (Å²) in [7, 11) is 0. The second-order valence-electron chi connectivity index (χ2n) is 3.19. The number of carbonyl (C=O) groups is 1. The summed E-state index contributed by atoms with van der Waals surface area (Å²) in [5.74, 6) is -0.383. The summed E-state index contributed by atoms with van der Waals surface area (Å²) in [6.07, 6.45) is -0.595. The Kier molecular flexibility index (Phi) is 2.84. The Bertz CT molecular complexity index is 411. The monoisotopic (exact) mass is 246 g/mol. The van der Waals surface area contributed by atoms with Gasteiger partial charge in [-0.3, -0.25) is 15.3 Å². The van der Waals surface area contributed by atoms with Crippen LogP contribution in [0.15, 0.2) is 18.2 Å². The number of hydroxylamine groups is 2. The maximum atomic E-state index is 11.1. The van der Waals surface area contributed by atoms with E-state index in [1.807, 2.05) is 0 Å². The van der Waals surface area contributed by atoms with Gasteiger partial charge in [-0.25, -0.2) is 5.06 Å². The van der Waals surface area contributed by atoms with Gasteiger partial charge in [-0.15, -0.1) is 0 Å². The molecular formula is C9H8Cl2N2O2. The van der Waals surface area contributed by atoms with Crippen LogP contribution in [-0.4, -0.2) is 22.7 Å². The highest BCUT2D eigenvalue weighted by atomic mass is 35.5. The quantitative estimate of drug-likeness (QED) is 0.744. The first-order chi connectivity index (χ1) is 7.09. The van der Waals surface area contributed by atoms with E-state index in [4.69, 9.17) is 23.2 Å². The Morgan fingerprint density at radius 2 is 2.20 bits per heavy atom. The number of rotatable bonds is 1. The number of nitrogens with one attached hydrogen (secondary N) is 1. The molecule has 0 aromatic heterocycles. The molecule has 1 aromatic rings. The van der Waals surface area contributed by atoms with E-state index in [9.17, 15) is 10.0 Å². The van der Waals surface area contributed by atoms with Crippen LogP contribution in [0.3, 0.4) is 0 Å². The standard InChI is InChI=1S/C9H8Cl2N2O2/c10-5-1-2-6(7(11)3-5)9-12-4-8(14)13(9)15/h1-3,9,12,15H,4H2. The van der Waals surface area contributed by atoms with Crippen LogP contribution in [0.25, 0.3) is 0 Å². The maximum Gasteiger partial charge on any atom is 0.261 e. The summed E-state index contributed by atoms with van der Waals surface area (Å²) in [6.45, 7) is 0.0973. The van der Waals surface area contributed by atoms with Crippen LogP contribution in [0.2, 0.25) is 10.0 Å². The molecule has 80 valence electrons. The van der Waals surface area contributed by atoms with Gasteiger partial charge in [0.1, 0.15) is 6.17 Å². The van der Waals surface area contributed by atoms with Gasteiger partial charge >= 0.3 is 0 Å². The molecule has 0 bridgehead atoms. The molecule has 1 aliphatic heterocycles. The van der Waals surface area contributed by atoms with Crippen LogP contribution >= 0.6 is 23.2 Å². The Balaban J connectivity index is 2.34. The van der Waals surface area contributed by atoms with Crippen LogP contribution in [0.1, 0.15) is 11.7 Å². The highest BCUT2D eigenvalue weighted by Crippen LogP contribution is 2.29. The van der Waals surface area contributed by atoms with E-state index in [0.29, 0.717) is 20.7 Å². The smallest absolute Gasteiger partial charge is 0.261 e. The lowest BCUT2D eigenvalue weighted by Gasteiger charge is -2.18. The van der Waals surface area contributed by atoms with Gasteiger partial charge in [0, 0.05) is 15.6 Å². The lowest BCUT2D eigenvalue weighted by molar-refractivity contribution is -0.165. The van der Waals surface area contributed by atoms with Crippen molar-refractivity contribution < 1.29 is 10.0 Å². The van der Waals surface area contributed by atoms with Crippen molar-refractivity contribution in [2.24, 2.45) is 0 Å². The number of nitrogens with zero attached hydrogens (tertiary/aromatic N) is 1. The normalized spacial score (nSPS) is 21.1. The first-order valence-electron chi connectivity index (χ1n) is 4.29. The Morgan fingerprint density at radius 1 is 1.47 bits per heavy atom. The van der Waals surface area contributed by atoms with Crippen molar-refractivity contribution in [3.63, 3.8) is 0 Å². The Morgan fingerprint density at radius 3 is 2.73 bits per heavy atom. The molecule has 2 N–H and O–H groups in total. The number of hydrogen-bond acceptors (Lipinski definition) is 3. The van der Waals surface area contributed by atoms with Gasteiger partial charge in [0.25, 0.3) is 5.91 Å². The van der Waals surface area contributed by atoms with Crippen molar-refractivity contribution >= 4 is 29.1 Å². The minimum atomic E-state index is -0.595. The van der Waals surface area contributed by atoms with Crippen molar-refractivity contribution in [2.45, 2.75) is 6.17 Å². The summed E-state index contributed by atoms with van der Waals surface area (Å²) in [4.78, 5) is 11.1. The average molecular weight is 247 g/mol. The van der Waals surface area contributed by atoms with Gasteiger partial charge in [0.15, 0.2) is 0 Å². The number of carbonyl (C=O) groups excluding carboxylic acids is 1. The SMILES string of the molecule is O=C1CNC(c2ccc(Cl)cc2Cl)N1O. The summed E-state index contributed by atoms with van der Waals surface area (Å²) < 4.78 is 0. The van der Waals surface area contributed by atoms with Crippen molar-refractivity contribution in [1.29, 1.82) is 0 Å². The summed E-state index contributed by atoms with van der Waals surface area (Å²) in [5.41, 5.74) is 0.620. The minimum Gasteiger partial charge on any atom is -0.284 e. The maximum absolute atomic E-state index is 11.1. The van der Waals surface area contributed by atoms with Crippen LogP contribution in [-0.2, 0) is 4.79 Å². The molecule has 1 unspecified atom stereocenters. The topological polar surface area (TPSA) is 52.6 Å². The first-order valence-corrected chi connectivity index (χ1v) is 5.04. The molecule has 0 saturated carbocycles. The molecule has 15 heavy (non-hydrogen) atoms. The van der Waals surface area contributed by atoms with E-state index < -0.39 is 6.17 Å².